The molecule has 1 fully saturated rings. The number of likely N-dealkylation sites (N-methyl/N-ethyl adjacent to an activating group) is 1. The van der Waals surface area contributed by atoms with Crippen LogP contribution in [-0.2, 0) is 6.42 Å². The summed E-state index contributed by atoms with van der Waals surface area (Å²) in [6.45, 7) is 2.78. The van der Waals surface area contributed by atoms with Crippen molar-refractivity contribution in [3.05, 3.63) is 35.5 Å². The molecule has 2 aromatic rings. The van der Waals surface area contributed by atoms with Crippen molar-refractivity contribution < 1.29 is 14.0 Å². The molecule has 1 aromatic heterocycles. The van der Waals surface area contributed by atoms with Crippen LogP contribution in [0.1, 0.15) is 23.3 Å². The Kier molecular flexibility index (Phi) is 4.78. The highest BCUT2D eigenvalue weighted by molar-refractivity contribution is 5.46. The maximum Gasteiger partial charge on any atom is 0.231 e. The Labute approximate surface area is 135 Å². The van der Waals surface area contributed by atoms with Crippen molar-refractivity contribution in [1.29, 1.82) is 0 Å². The Hall–Kier alpha value is -2.12. The van der Waals surface area contributed by atoms with Gasteiger partial charge in [0.1, 0.15) is 11.5 Å². The van der Waals surface area contributed by atoms with Gasteiger partial charge in [-0.25, -0.2) is 0 Å². The van der Waals surface area contributed by atoms with Crippen LogP contribution in [0.25, 0.3) is 0 Å². The quantitative estimate of drug-likeness (QED) is 0.889. The standard InChI is InChI=1S/C16H22N4O3/c1-20-8-7-17-10-12(20)16-18-15(23-19-16)9-11-13(21-2)5-4-6-14(11)22-3/h4-6,12,17H,7-10H2,1-3H3. The van der Waals surface area contributed by atoms with Gasteiger partial charge in [-0.15, -0.1) is 0 Å². The zero-order chi connectivity index (χ0) is 16.2. The van der Waals surface area contributed by atoms with E-state index in [1.165, 1.54) is 0 Å². The third kappa shape index (κ3) is 3.30. The molecular formula is C16H22N4O3. The number of methoxy groups -OCH3 is 2. The summed E-state index contributed by atoms with van der Waals surface area (Å²) < 4.78 is 16.3. The van der Waals surface area contributed by atoms with E-state index in [1.54, 1.807) is 14.2 Å². The van der Waals surface area contributed by atoms with Gasteiger partial charge in [0.25, 0.3) is 0 Å². The fourth-order valence-corrected chi connectivity index (χ4v) is 2.82. The zero-order valence-corrected chi connectivity index (χ0v) is 13.7. The summed E-state index contributed by atoms with van der Waals surface area (Å²) >= 11 is 0. The lowest BCUT2D eigenvalue weighted by Gasteiger charge is -2.30. The molecule has 0 radical (unpaired) electrons. The lowest BCUT2D eigenvalue weighted by molar-refractivity contribution is 0.190. The van der Waals surface area contributed by atoms with Gasteiger partial charge < -0.3 is 19.3 Å². The molecule has 124 valence electrons. The molecule has 1 unspecified atom stereocenters. The van der Waals surface area contributed by atoms with E-state index in [1.807, 2.05) is 18.2 Å². The summed E-state index contributed by atoms with van der Waals surface area (Å²) in [5.41, 5.74) is 0.905. The smallest absolute Gasteiger partial charge is 0.231 e. The Morgan fingerprint density at radius 1 is 1.30 bits per heavy atom. The van der Waals surface area contributed by atoms with Crippen LogP contribution in [0.3, 0.4) is 0 Å². The van der Waals surface area contributed by atoms with E-state index in [0.717, 1.165) is 36.7 Å². The number of hydrogen-bond acceptors (Lipinski definition) is 7. The Morgan fingerprint density at radius 2 is 2.04 bits per heavy atom. The molecular weight excluding hydrogens is 296 g/mol. The van der Waals surface area contributed by atoms with Gasteiger partial charge in [-0.1, -0.05) is 11.2 Å². The lowest BCUT2D eigenvalue weighted by Crippen LogP contribution is -2.44. The molecule has 1 N–H and O–H groups in total. The molecule has 0 aliphatic carbocycles. The fourth-order valence-electron chi connectivity index (χ4n) is 2.82. The molecule has 0 amide bonds. The molecule has 0 spiro atoms. The highest BCUT2D eigenvalue weighted by atomic mass is 16.5. The summed E-state index contributed by atoms with van der Waals surface area (Å²) in [7, 11) is 5.35. The van der Waals surface area contributed by atoms with Gasteiger partial charge >= 0.3 is 0 Å². The van der Waals surface area contributed by atoms with E-state index in [9.17, 15) is 0 Å². The Morgan fingerprint density at radius 3 is 2.70 bits per heavy atom. The van der Waals surface area contributed by atoms with Gasteiger partial charge in [0, 0.05) is 25.2 Å². The van der Waals surface area contributed by atoms with E-state index < -0.39 is 0 Å². The fraction of sp³-hybridized carbons (Fsp3) is 0.500. The van der Waals surface area contributed by atoms with E-state index >= 15 is 0 Å². The summed E-state index contributed by atoms with van der Waals surface area (Å²) in [4.78, 5) is 6.79. The molecule has 2 heterocycles. The largest absolute Gasteiger partial charge is 0.496 e. The second-order valence-corrected chi connectivity index (χ2v) is 5.56. The first kappa shape index (κ1) is 15.8. The van der Waals surface area contributed by atoms with Crippen molar-refractivity contribution in [2.24, 2.45) is 0 Å². The first-order valence-corrected chi connectivity index (χ1v) is 7.66. The second kappa shape index (κ2) is 6.97. The number of hydrogen-bond donors (Lipinski definition) is 1. The Bertz CT molecular complexity index is 636. The van der Waals surface area contributed by atoms with Crippen LogP contribution in [0.2, 0.25) is 0 Å². The maximum absolute atomic E-state index is 5.44. The number of aromatic nitrogens is 2. The molecule has 0 bridgehead atoms. The van der Waals surface area contributed by atoms with Crippen LogP contribution in [-0.4, -0.2) is 55.9 Å². The lowest BCUT2D eigenvalue weighted by atomic mass is 10.1. The molecule has 0 saturated carbocycles. The molecule has 7 nitrogen and oxygen atoms in total. The van der Waals surface area contributed by atoms with Crippen molar-refractivity contribution in [3.63, 3.8) is 0 Å². The van der Waals surface area contributed by atoms with Crippen molar-refractivity contribution in [1.82, 2.24) is 20.4 Å². The molecule has 23 heavy (non-hydrogen) atoms. The minimum absolute atomic E-state index is 0.140. The van der Waals surface area contributed by atoms with Crippen LogP contribution in [0, 0.1) is 0 Å². The molecule has 7 heteroatoms. The zero-order valence-electron chi connectivity index (χ0n) is 13.7. The topological polar surface area (TPSA) is 72.7 Å². The normalized spacial score (nSPS) is 18.8. The summed E-state index contributed by atoms with van der Waals surface area (Å²) in [5, 5.41) is 7.50. The molecule has 1 aromatic carbocycles. The van der Waals surface area contributed by atoms with Crippen LogP contribution in [0.4, 0.5) is 0 Å². The number of piperazine rings is 1. The second-order valence-electron chi connectivity index (χ2n) is 5.56. The van der Waals surface area contributed by atoms with Gasteiger partial charge in [-0.2, -0.15) is 4.98 Å². The molecule has 3 rings (SSSR count). The van der Waals surface area contributed by atoms with Gasteiger partial charge in [-0.05, 0) is 19.2 Å². The van der Waals surface area contributed by atoms with E-state index in [4.69, 9.17) is 14.0 Å². The summed E-state index contributed by atoms with van der Waals surface area (Å²) in [5.74, 6) is 2.77. The number of rotatable bonds is 5. The molecule has 1 aliphatic rings. The third-order valence-corrected chi connectivity index (χ3v) is 4.15. The number of benzene rings is 1. The molecule has 1 saturated heterocycles. The summed E-state index contributed by atoms with van der Waals surface area (Å²) in [6, 6.07) is 5.83. The highest BCUT2D eigenvalue weighted by Crippen LogP contribution is 2.30. The average Bonchev–Trinajstić information content (AvgIpc) is 3.04. The maximum atomic E-state index is 5.44. The van der Waals surface area contributed by atoms with E-state index in [2.05, 4.69) is 27.4 Å². The van der Waals surface area contributed by atoms with Crippen molar-refractivity contribution in [2.75, 3.05) is 40.9 Å². The highest BCUT2D eigenvalue weighted by Gasteiger charge is 2.25. The average molecular weight is 318 g/mol. The molecule has 1 aliphatic heterocycles. The number of nitrogens with one attached hydrogen (secondary N) is 1. The predicted molar refractivity (Wildman–Crippen MR) is 84.9 cm³/mol. The van der Waals surface area contributed by atoms with Crippen LogP contribution in [0.5, 0.6) is 11.5 Å². The first-order valence-electron chi connectivity index (χ1n) is 7.66. The van der Waals surface area contributed by atoms with Crippen LogP contribution >= 0.6 is 0 Å². The van der Waals surface area contributed by atoms with Crippen LogP contribution in [0.15, 0.2) is 22.7 Å². The minimum atomic E-state index is 0.140. The SMILES string of the molecule is COc1cccc(OC)c1Cc1nc(C2CNCCN2C)no1. The van der Waals surface area contributed by atoms with E-state index in [-0.39, 0.29) is 6.04 Å². The summed E-state index contributed by atoms with van der Waals surface area (Å²) in [6.07, 6.45) is 0.476. The van der Waals surface area contributed by atoms with Gasteiger partial charge in [0.05, 0.1) is 26.7 Å². The van der Waals surface area contributed by atoms with E-state index in [0.29, 0.717) is 18.1 Å². The van der Waals surface area contributed by atoms with Crippen molar-refractivity contribution in [2.45, 2.75) is 12.5 Å². The monoisotopic (exact) mass is 318 g/mol. The predicted octanol–water partition coefficient (Wildman–Crippen LogP) is 1.25. The van der Waals surface area contributed by atoms with Gasteiger partial charge in [0.15, 0.2) is 5.82 Å². The number of ether oxygens (including phenoxy) is 2. The number of nitrogens with zero attached hydrogens (tertiary/aromatic N) is 3. The van der Waals surface area contributed by atoms with Crippen molar-refractivity contribution in [3.8, 4) is 11.5 Å². The first-order chi connectivity index (χ1) is 11.2. The van der Waals surface area contributed by atoms with Gasteiger partial charge in [-0.3, -0.25) is 4.90 Å². The minimum Gasteiger partial charge on any atom is -0.496 e. The van der Waals surface area contributed by atoms with Crippen LogP contribution < -0.4 is 14.8 Å². The van der Waals surface area contributed by atoms with Crippen molar-refractivity contribution >= 4 is 0 Å². The molecule has 1 atom stereocenters. The Balaban J connectivity index is 1.82. The third-order valence-electron chi connectivity index (χ3n) is 4.15. The van der Waals surface area contributed by atoms with Gasteiger partial charge in [0.2, 0.25) is 5.89 Å².